The summed E-state index contributed by atoms with van der Waals surface area (Å²) < 4.78 is 0. The number of nitrogens with one attached hydrogen (secondary N) is 1. The van der Waals surface area contributed by atoms with Crippen LogP contribution >= 0.6 is 0 Å². The molecule has 0 radical (unpaired) electrons. The summed E-state index contributed by atoms with van der Waals surface area (Å²) in [5.74, 6) is 4.21. The Bertz CT molecular complexity index is 312. The van der Waals surface area contributed by atoms with E-state index in [1.54, 1.807) is 6.92 Å². The molecule has 2 atom stereocenters. The van der Waals surface area contributed by atoms with Crippen LogP contribution < -0.4 is 11.3 Å². The minimum atomic E-state index is -0.714. The molecule has 0 saturated heterocycles. The monoisotopic (exact) mass is 208 g/mol. The number of nitrogens with two attached hydrogens (primary N) is 1. The molecule has 82 valence electrons. The number of hydrazine groups is 1. The number of hydrogen-bond donors (Lipinski definition) is 3. The standard InChI is InChI=1S/C11H16N2O2/c1-8(14)10(11(15)13-12)7-9-5-3-2-4-6-9/h2-6,8,10,14H,7,12H2,1H3,(H,13,15)/t8-,10-/m0/s1. The zero-order valence-corrected chi connectivity index (χ0v) is 8.68. The van der Waals surface area contributed by atoms with E-state index in [-0.39, 0.29) is 5.91 Å². The van der Waals surface area contributed by atoms with Crippen molar-refractivity contribution in [3.63, 3.8) is 0 Å². The second-order valence-electron chi connectivity index (χ2n) is 3.55. The van der Waals surface area contributed by atoms with Crippen LogP contribution in [0.3, 0.4) is 0 Å². The van der Waals surface area contributed by atoms with E-state index in [4.69, 9.17) is 5.84 Å². The van der Waals surface area contributed by atoms with Crippen molar-refractivity contribution in [3.05, 3.63) is 35.9 Å². The molecule has 0 fully saturated rings. The highest BCUT2D eigenvalue weighted by Crippen LogP contribution is 2.12. The number of aliphatic hydroxyl groups is 1. The van der Waals surface area contributed by atoms with Gasteiger partial charge in [0.15, 0.2) is 0 Å². The Morgan fingerprint density at radius 1 is 1.47 bits per heavy atom. The Hall–Kier alpha value is -1.39. The van der Waals surface area contributed by atoms with Crippen molar-refractivity contribution in [2.75, 3.05) is 0 Å². The van der Waals surface area contributed by atoms with E-state index in [1.807, 2.05) is 30.3 Å². The Kier molecular flexibility index (Phi) is 4.27. The number of carbonyl (C=O) groups excluding carboxylic acids is 1. The molecular weight excluding hydrogens is 192 g/mol. The van der Waals surface area contributed by atoms with Crippen molar-refractivity contribution in [3.8, 4) is 0 Å². The summed E-state index contributed by atoms with van der Waals surface area (Å²) in [6.07, 6.45) is -0.226. The topological polar surface area (TPSA) is 75.3 Å². The van der Waals surface area contributed by atoms with Gasteiger partial charge in [-0.3, -0.25) is 10.2 Å². The second-order valence-corrected chi connectivity index (χ2v) is 3.55. The first-order chi connectivity index (χ1) is 7.15. The summed E-state index contributed by atoms with van der Waals surface area (Å²) in [6.45, 7) is 1.59. The van der Waals surface area contributed by atoms with Gasteiger partial charge in [0.05, 0.1) is 12.0 Å². The molecule has 0 spiro atoms. The summed E-state index contributed by atoms with van der Waals surface area (Å²) in [6, 6.07) is 9.53. The maximum atomic E-state index is 11.4. The second kappa shape index (κ2) is 5.48. The first-order valence-corrected chi connectivity index (χ1v) is 4.87. The molecule has 1 aromatic rings. The molecular formula is C11H16N2O2. The maximum Gasteiger partial charge on any atom is 0.239 e. The summed E-state index contributed by atoms with van der Waals surface area (Å²) in [5.41, 5.74) is 3.07. The van der Waals surface area contributed by atoms with E-state index in [2.05, 4.69) is 5.43 Å². The van der Waals surface area contributed by atoms with Gasteiger partial charge in [-0.15, -0.1) is 0 Å². The molecule has 1 amide bonds. The number of hydrogen-bond acceptors (Lipinski definition) is 3. The van der Waals surface area contributed by atoms with E-state index in [1.165, 1.54) is 0 Å². The Morgan fingerprint density at radius 2 is 2.07 bits per heavy atom. The highest BCUT2D eigenvalue weighted by Gasteiger charge is 2.22. The van der Waals surface area contributed by atoms with Crippen LogP contribution in [0.5, 0.6) is 0 Å². The predicted octanol–water partition coefficient (Wildman–Crippen LogP) is 0.216. The van der Waals surface area contributed by atoms with Gasteiger partial charge in [-0.25, -0.2) is 5.84 Å². The molecule has 0 aliphatic heterocycles. The summed E-state index contributed by atoms with van der Waals surface area (Å²) in [5, 5.41) is 9.46. The van der Waals surface area contributed by atoms with Crippen molar-refractivity contribution in [1.29, 1.82) is 0 Å². The number of rotatable bonds is 4. The lowest BCUT2D eigenvalue weighted by molar-refractivity contribution is -0.128. The van der Waals surface area contributed by atoms with Gasteiger partial charge in [0.1, 0.15) is 0 Å². The lowest BCUT2D eigenvalue weighted by Gasteiger charge is -2.17. The maximum absolute atomic E-state index is 11.4. The number of carbonyl (C=O) groups is 1. The fourth-order valence-electron chi connectivity index (χ4n) is 1.46. The molecule has 0 aromatic heterocycles. The molecule has 0 heterocycles. The molecule has 4 heteroatoms. The van der Waals surface area contributed by atoms with Gasteiger partial charge in [-0.1, -0.05) is 30.3 Å². The third-order valence-corrected chi connectivity index (χ3v) is 2.36. The van der Waals surface area contributed by atoms with Gasteiger partial charge >= 0.3 is 0 Å². The van der Waals surface area contributed by atoms with Crippen LogP contribution in [-0.2, 0) is 11.2 Å². The minimum absolute atomic E-state index is 0.339. The summed E-state index contributed by atoms with van der Waals surface area (Å²) in [4.78, 5) is 11.4. The lowest BCUT2D eigenvalue weighted by atomic mass is 9.94. The molecule has 0 bridgehead atoms. The average Bonchev–Trinajstić information content (AvgIpc) is 2.26. The zero-order valence-electron chi connectivity index (χ0n) is 8.68. The van der Waals surface area contributed by atoms with Crippen molar-refractivity contribution in [2.24, 2.45) is 11.8 Å². The largest absolute Gasteiger partial charge is 0.393 e. The van der Waals surface area contributed by atoms with Gasteiger partial charge in [-0.05, 0) is 18.9 Å². The van der Waals surface area contributed by atoms with Gasteiger partial charge in [-0.2, -0.15) is 0 Å². The molecule has 0 saturated carbocycles. The van der Waals surface area contributed by atoms with E-state index in [9.17, 15) is 9.90 Å². The fourth-order valence-corrected chi connectivity index (χ4v) is 1.46. The van der Waals surface area contributed by atoms with Gasteiger partial charge < -0.3 is 5.11 Å². The Morgan fingerprint density at radius 3 is 2.53 bits per heavy atom. The van der Waals surface area contributed by atoms with E-state index < -0.39 is 12.0 Å². The van der Waals surface area contributed by atoms with E-state index in [0.29, 0.717) is 6.42 Å². The first kappa shape index (κ1) is 11.7. The summed E-state index contributed by atoms with van der Waals surface area (Å²) >= 11 is 0. The molecule has 15 heavy (non-hydrogen) atoms. The molecule has 0 aliphatic rings. The smallest absolute Gasteiger partial charge is 0.239 e. The van der Waals surface area contributed by atoms with Crippen LogP contribution in [-0.4, -0.2) is 17.1 Å². The van der Waals surface area contributed by atoms with Crippen molar-refractivity contribution >= 4 is 5.91 Å². The quantitative estimate of drug-likeness (QED) is 0.376. The van der Waals surface area contributed by atoms with Crippen LogP contribution in [0.1, 0.15) is 12.5 Å². The third kappa shape index (κ3) is 3.34. The average molecular weight is 208 g/mol. The SMILES string of the molecule is C[C@H](O)[C@H](Cc1ccccc1)C(=O)NN. The van der Waals surface area contributed by atoms with Gasteiger partial charge in [0, 0.05) is 0 Å². The van der Waals surface area contributed by atoms with Crippen LogP contribution in [0.15, 0.2) is 30.3 Å². The fraction of sp³-hybridized carbons (Fsp3) is 0.364. The highest BCUT2D eigenvalue weighted by atomic mass is 16.3. The minimum Gasteiger partial charge on any atom is -0.393 e. The van der Waals surface area contributed by atoms with Crippen LogP contribution in [0.4, 0.5) is 0 Å². The lowest BCUT2D eigenvalue weighted by Crippen LogP contribution is -2.41. The normalized spacial score (nSPS) is 14.3. The van der Waals surface area contributed by atoms with Crippen molar-refractivity contribution < 1.29 is 9.90 Å². The van der Waals surface area contributed by atoms with Crippen LogP contribution in [0.2, 0.25) is 0 Å². The first-order valence-electron chi connectivity index (χ1n) is 4.87. The third-order valence-electron chi connectivity index (χ3n) is 2.36. The molecule has 4 nitrogen and oxygen atoms in total. The number of aliphatic hydroxyl groups excluding tert-OH is 1. The predicted molar refractivity (Wildman–Crippen MR) is 57.6 cm³/mol. The van der Waals surface area contributed by atoms with E-state index >= 15 is 0 Å². The van der Waals surface area contributed by atoms with Crippen molar-refractivity contribution in [1.82, 2.24) is 5.43 Å². The van der Waals surface area contributed by atoms with Crippen LogP contribution in [0.25, 0.3) is 0 Å². The molecule has 0 unspecified atom stereocenters. The van der Waals surface area contributed by atoms with Crippen LogP contribution in [0, 0.1) is 5.92 Å². The van der Waals surface area contributed by atoms with Crippen molar-refractivity contribution in [2.45, 2.75) is 19.4 Å². The molecule has 1 rings (SSSR count). The number of benzene rings is 1. The van der Waals surface area contributed by atoms with Gasteiger partial charge in [0.25, 0.3) is 0 Å². The zero-order chi connectivity index (χ0) is 11.3. The molecule has 4 N–H and O–H groups in total. The Balaban J connectivity index is 2.72. The molecule has 1 aromatic carbocycles. The highest BCUT2D eigenvalue weighted by molar-refractivity contribution is 5.78. The van der Waals surface area contributed by atoms with E-state index in [0.717, 1.165) is 5.56 Å². The number of amides is 1. The molecule has 0 aliphatic carbocycles. The van der Waals surface area contributed by atoms with Gasteiger partial charge in [0.2, 0.25) is 5.91 Å². The Labute approximate surface area is 89.1 Å². The summed E-state index contributed by atoms with van der Waals surface area (Å²) in [7, 11) is 0.